The standard InChI is InChI=1S/C16H22N4OS2/c1-9-5-6-10-11(8-9)23-15-13(10)14(18)19-16(20-15)22-7-3-2-4-12(17)21/h9H,2-8H2,1H3,(H2,17,21)(H2,18,19,20)/t9-/m1/s1. The number of hydrogen-bond donors (Lipinski definition) is 2. The van der Waals surface area contributed by atoms with E-state index in [-0.39, 0.29) is 5.91 Å². The van der Waals surface area contributed by atoms with E-state index in [0.717, 1.165) is 52.7 Å². The first-order valence-electron chi connectivity index (χ1n) is 8.03. The number of hydrogen-bond acceptors (Lipinski definition) is 6. The molecule has 0 aromatic carbocycles. The number of carbonyl (C=O) groups excluding carboxylic acids is 1. The lowest BCUT2D eigenvalue weighted by Crippen LogP contribution is -2.09. The maximum absolute atomic E-state index is 10.7. The number of fused-ring (bicyclic) bond motifs is 3. The molecule has 0 fully saturated rings. The van der Waals surface area contributed by atoms with Crippen LogP contribution in [0.4, 0.5) is 5.82 Å². The van der Waals surface area contributed by atoms with E-state index in [2.05, 4.69) is 11.9 Å². The Morgan fingerprint density at radius 1 is 1.39 bits per heavy atom. The molecule has 7 heteroatoms. The lowest BCUT2D eigenvalue weighted by molar-refractivity contribution is -0.118. The van der Waals surface area contributed by atoms with E-state index in [4.69, 9.17) is 16.5 Å². The van der Waals surface area contributed by atoms with Crippen LogP contribution in [0.5, 0.6) is 0 Å². The minimum Gasteiger partial charge on any atom is -0.383 e. The number of aromatic nitrogens is 2. The zero-order chi connectivity index (χ0) is 16.4. The third-order valence-corrected chi connectivity index (χ3v) is 6.29. The maximum Gasteiger partial charge on any atom is 0.217 e. The molecule has 1 aliphatic carbocycles. The Hall–Kier alpha value is -1.34. The molecule has 2 heterocycles. The molecule has 1 aliphatic rings. The third-order valence-electron chi connectivity index (χ3n) is 4.21. The van der Waals surface area contributed by atoms with Crippen LogP contribution in [0.1, 0.15) is 43.0 Å². The molecule has 23 heavy (non-hydrogen) atoms. The molecule has 4 N–H and O–H groups in total. The van der Waals surface area contributed by atoms with E-state index < -0.39 is 0 Å². The summed E-state index contributed by atoms with van der Waals surface area (Å²) < 4.78 is 0. The molecule has 5 nitrogen and oxygen atoms in total. The second-order valence-corrected chi connectivity index (χ2v) is 8.34. The summed E-state index contributed by atoms with van der Waals surface area (Å²) in [6, 6.07) is 0. The number of nitrogen functional groups attached to an aromatic ring is 1. The number of primary amides is 1. The monoisotopic (exact) mass is 350 g/mol. The highest BCUT2D eigenvalue weighted by Crippen LogP contribution is 2.39. The van der Waals surface area contributed by atoms with Gasteiger partial charge in [-0.25, -0.2) is 9.97 Å². The van der Waals surface area contributed by atoms with Crippen LogP contribution in [0.15, 0.2) is 5.16 Å². The Kier molecular flexibility index (Phi) is 5.06. The highest BCUT2D eigenvalue weighted by molar-refractivity contribution is 7.99. The first-order valence-corrected chi connectivity index (χ1v) is 9.83. The maximum atomic E-state index is 10.7. The summed E-state index contributed by atoms with van der Waals surface area (Å²) in [7, 11) is 0. The van der Waals surface area contributed by atoms with E-state index in [1.165, 1.54) is 16.9 Å². The fourth-order valence-electron chi connectivity index (χ4n) is 2.98. The number of carbonyl (C=O) groups is 1. The van der Waals surface area contributed by atoms with Gasteiger partial charge in [-0.2, -0.15) is 0 Å². The zero-order valence-corrected chi connectivity index (χ0v) is 14.9. The molecule has 0 radical (unpaired) electrons. The first kappa shape index (κ1) is 16.5. The summed E-state index contributed by atoms with van der Waals surface area (Å²) in [5.74, 6) is 1.99. The molecule has 0 unspecified atom stereocenters. The van der Waals surface area contributed by atoms with E-state index in [1.54, 1.807) is 23.1 Å². The van der Waals surface area contributed by atoms with Crippen LogP contribution in [0.25, 0.3) is 10.2 Å². The fourth-order valence-corrected chi connectivity index (χ4v) is 5.28. The number of thiophene rings is 1. The minimum atomic E-state index is -0.240. The van der Waals surface area contributed by atoms with Gasteiger partial charge in [-0.1, -0.05) is 18.7 Å². The molecule has 0 bridgehead atoms. The average molecular weight is 351 g/mol. The molecule has 124 valence electrons. The number of thioether (sulfide) groups is 1. The van der Waals surface area contributed by atoms with Crippen molar-refractivity contribution in [2.45, 2.75) is 50.6 Å². The molecule has 2 aromatic heterocycles. The van der Waals surface area contributed by atoms with Crippen LogP contribution in [0.2, 0.25) is 0 Å². The zero-order valence-electron chi connectivity index (χ0n) is 13.3. The quantitative estimate of drug-likeness (QED) is 0.474. The number of nitrogens with two attached hydrogens (primary N) is 2. The van der Waals surface area contributed by atoms with Crippen molar-refractivity contribution in [2.75, 3.05) is 11.5 Å². The van der Waals surface area contributed by atoms with Crippen LogP contribution in [0, 0.1) is 5.92 Å². The summed E-state index contributed by atoms with van der Waals surface area (Å²) in [6.07, 6.45) is 5.61. The number of nitrogens with zero attached hydrogens (tertiary/aromatic N) is 2. The number of anilines is 1. The number of unbranched alkanes of at least 4 members (excludes halogenated alkanes) is 1. The highest BCUT2D eigenvalue weighted by atomic mass is 32.2. The molecule has 1 atom stereocenters. The molecule has 1 amide bonds. The van der Waals surface area contributed by atoms with Gasteiger partial charge in [0.1, 0.15) is 10.6 Å². The Bertz CT molecular complexity index is 728. The van der Waals surface area contributed by atoms with Gasteiger partial charge in [0.05, 0.1) is 5.39 Å². The lowest BCUT2D eigenvalue weighted by Gasteiger charge is -2.17. The van der Waals surface area contributed by atoms with Gasteiger partial charge >= 0.3 is 0 Å². The molecule has 3 rings (SSSR count). The third kappa shape index (κ3) is 3.77. The van der Waals surface area contributed by atoms with Crippen LogP contribution < -0.4 is 11.5 Å². The Morgan fingerprint density at radius 3 is 3.00 bits per heavy atom. The van der Waals surface area contributed by atoms with Crippen molar-refractivity contribution in [1.82, 2.24) is 9.97 Å². The van der Waals surface area contributed by atoms with Gasteiger partial charge in [0, 0.05) is 17.1 Å². The smallest absolute Gasteiger partial charge is 0.217 e. The van der Waals surface area contributed by atoms with Crippen molar-refractivity contribution in [3.63, 3.8) is 0 Å². The van der Waals surface area contributed by atoms with Gasteiger partial charge in [0.2, 0.25) is 5.91 Å². The normalized spacial score (nSPS) is 17.3. The van der Waals surface area contributed by atoms with Gasteiger partial charge in [-0.05, 0) is 43.6 Å². The number of rotatable bonds is 6. The van der Waals surface area contributed by atoms with Gasteiger partial charge in [0.15, 0.2) is 5.16 Å². The Labute approximate surface area is 144 Å². The number of aryl methyl sites for hydroxylation is 1. The van der Waals surface area contributed by atoms with Crippen molar-refractivity contribution < 1.29 is 4.79 Å². The molecule has 2 aromatic rings. The first-order chi connectivity index (χ1) is 11.0. The molecule has 0 saturated heterocycles. The van der Waals surface area contributed by atoms with Crippen LogP contribution in [-0.2, 0) is 17.6 Å². The summed E-state index contributed by atoms with van der Waals surface area (Å²) in [5.41, 5.74) is 12.7. The second-order valence-electron chi connectivity index (χ2n) is 6.20. The summed E-state index contributed by atoms with van der Waals surface area (Å²) in [6.45, 7) is 2.30. The lowest BCUT2D eigenvalue weighted by atomic mass is 9.89. The molecular weight excluding hydrogens is 328 g/mol. The van der Waals surface area contributed by atoms with Crippen LogP contribution in [0.3, 0.4) is 0 Å². The largest absolute Gasteiger partial charge is 0.383 e. The molecule has 0 saturated carbocycles. The van der Waals surface area contributed by atoms with Crippen molar-refractivity contribution in [3.8, 4) is 0 Å². The fraction of sp³-hybridized carbons (Fsp3) is 0.562. The van der Waals surface area contributed by atoms with Crippen molar-refractivity contribution in [3.05, 3.63) is 10.4 Å². The van der Waals surface area contributed by atoms with Gasteiger partial charge < -0.3 is 11.5 Å². The van der Waals surface area contributed by atoms with E-state index in [1.807, 2.05) is 0 Å². The highest BCUT2D eigenvalue weighted by Gasteiger charge is 2.23. The second kappa shape index (κ2) is 7.05. The Morgan fingerprint density at radius 2 is 2.22 bits per heavy atom. The number of amides is 1. The van der Waals surface area contributed by atoms with Gasteiger partial charge in [-0.3, -0.25) is 4.79 Å². The SMILES string of the molecule is C[C@@H]1CCc2c(sc3nc(SCCCCC(N)=O)nc(N)c23)C1. The van der Waals surface area contributed by atoms with Gasteiger partial charge in [0.25, 0.3) is 0 Å². The van der Waals surface area contributed by atoms with Crippen molar-refractivity contribution in [1.29, 1.82) is 0 Å². The van der Waals surface area contributed by atoms with Crippen LogP contribution >= 0.6 is 23.1 Å². The van der Waals surface area contributed by atoms with Crippen molar-refractivity contribution in [2.24, 2.45) is 11.7 Å². The average Bonchev–Trinajstić information content (AvgIpc) is 2.84. The minimum absolute atomic E-state index is 0.240. The summed E-state index contributed by atoms with van der Waals surface area (Å²) >= 11 is 3.37. The molecular formula is C16H22N4OS2. The predicted molar refractivity (Wildman–Crippen MR) is 96.8 cm³/mol. The van der Waals surface area contributed by atoms with Crippen LogP contribution in [-0.4, -0.2) is 21.6 Å². The van der Waals surface area contributed by atoms with Crippen molar-refractivity contribution >= 4 is 45.0 Å². The summed E-state index contributed by atoms with van der Waals surface area (Å²) in [4.78, 5) is 22.4. The molecule has 0 aliphatic heterocycles. The van der Waals surface area contributed by atoms with E-state index in [9.17, 15) is 4.79 Å². The van der Waals surface area contributed by atoms with Gasteiger partial charge in [-0.15, -0.1) is 11.3 Å². The van der Waals surface area contributed by atoms with E-state index >= 15 is 0 Å². The predicted octanol–water partition coefficient (Wildman–Crippen LogP) is 3.15. The topological polar surface area (TPSA) is 94.9 Å². The Balaban J connectivity index is 1.72. The molecule has 0 spiro atoms. The van der Waals surface area contributed by atoms with E-state index in [0.29, 0.717) is 12.2 Å². The summed E-state index contributed by atoms with van der Waals surface area (Å²) in [5, 5.41) is 1.82.